The van der Waals surface area contributed by atoms with Crippen LogP contribution < -0.4 is 71.2 Å². The van der Waals surface area contributed by atoms with Crippen molar-refractivity contribution in [3.05, 3.63) is 90.1 Å². The summed E-state index contributed by atoms with van der Waals surface area (Å²) in [6, 6.07) is 2.60. The van der Waals surface area contributed by atoms with E-state index in [-0.39, 0.29) is 75.0 Å². The Morgan fingerprint density at radius 3 is 1.82 bits per heavy atom. The first kappa shape index (κ1) is 73.0. The van der Waals surface area contributed by atoms with E-state index in [0.717, 1.165) is 0 Å². The standard InChI is InChI=1S/C59H86N18O12S2/c1-32(2)48(49(62)80)76-57(88)46-18-11-23-77(46)58(89)41(16-8-9-21-60)71-56(87)45(30-91)75-54(85)43(25-34-27-67-38-15-7-6-14-36(34)38)73-51(82)39(17-10-22-66-59(63)64)70-53(84)42(24-33-12-4-3-5-13-33)72-55(86)44(26-35-28-65-31-68-35)74-52(83)40(19-20-47(78)79)69-50(81)37(61)29-90/h3-7,12-15,27-28,31-32,37,39-46,48,67,90-91H,8-11,16-26,29-30,60-61H2,1-2H3,(H2,62,80)(H,65,68)(H,69,81)(H,70,84)(H,71,87)(H,72,86)(H,73,82)(H,74,83)(H,75,85)(H,76,88)(H,78,79)(H4,63,64,66)/p+1/t37-,39-,40-,41-,42+,43-,44-,45-,46-,48-/m0/s1. The number of primary amides is 1. The number of guanidine groups is 1. The molecule has 91 heavy (non-hydrogen) atoms. The number of carbonyl (C=O) groups is 11. The number of nitrogens with zero attached hydrogens (tertiary/aromatic N) is 3. The molecule has 0 spiro atoms. The fraction of sp³-hybridized carbons (Fsp3) is 0.508. The van der Waals surface area contributed by atoms with Crippen LogP contribution in [0.1, 0.15) is 88.5 Å². The second kappa shape index (κ2) is 36.8. The molecule has 0 aliphatic carbocycles. The van der Waals surface area contributed by atoms with Gasteiger partial charge in [-0.05, 0) is 74.5 Å². The predicted octanol–water partition coefficient (Wildman–Crippen LogP) is -3.55. The number of aromatic amines is 2. The Morgan fingerprint density at radius 1 is 0.670 bits per heavy atom. The second-order valence-electron chi connectivity index (χ2n) is 22.5. The number of aliphatic imine (C=N–C) groups is 1. The number of H-pyrrole nitrogens is 2. The van der Waals surface area contributed by atoms with Gasteiger partial charge in [0.05, 0.1) is 18.9 Å². The van der Waals surface area contributed by atoms with Gasteiger partial charge >= 0.3 is 5.97 Å². The summed E-state index contributed by atoms with van der Waals surface area (Å²) < 4.78 is 0. The van der Waals surface area contributed by atoms with Gasteiger partial charge < -0.3 is 91.2 Å². The number of hydrogen-bond donors (Lipinski definition) is 18. The summed E-state index contributed by atoms with van der Waals surface area (Å²) in [5, 5.41) is 31.6. The summed E-state index contributed by atoms with van der Waals surface area (Å²) in [5.74, 6) is -10.2. The van der Waals surface area contributed by atoms with E-state index in [2.05, 4.69) is 93.5 Å². The Kier molecular flexibility index (Phi) is 29.5. The lowest BCUT2D eigenvalue weighted by Crippen LogP contribution is -2.61. The van der Waals surface area contributed by atoms with Crippen LogP contribution in [0.15, 0.2) is 78.3 Å². The van der Waals surface area contributed by atoms with Gasteiger partial charge in [0.25, 0.3) is 0 Å². The monoisotopic (exact) mass is 1300 g/mol. The molecule has 0 saturated carbocycles. The third-order valence-corrected chi connectivity index (χ3v) is 15.9. The number of imidazole rings is 1. The molecule has 4 aromatic rings. The highest BCUT2D eigenvalue weighted by molar-refractivity contribution is 7.80. The van der Waals surface area contributed by atoms with Gasteiger partial charge in [0.1, 0.15) is 54.4 Å². The van der Waals surface area contributed by atoms with E-state index in [4.69, 9.17) is 22.9 Å². The molecule has 5 rings (SSSR count). The normalized spacial score (nSPS) is 15.9. The zero-order valence-electron chi connectivity index (χ0n) is 51.0. The zero-order chi connectivity index (χ0) is 66.7. The molecule has 10 atom stereocenters. The minimum absolute atomic E-state index is 0.00797. The van der Waals surface area contributed by atoms with Crippen molar-refractivity contribution in [1.82, 2.24) is 62.4 Å². The van der Waals surface area contributed by atoms with E-state index in [1.807, 2.05) is 6.07 Å². The number of hydrogen-bond acceptors (Lipinski definition) is 16. The van der Waals surface area contributed by atoms with Crippen LogP contribution in [0.25, 0.3) is 10.9 Å². The fourth-order valence-corrected chi connectivity index (χ4v) is 10.6. The van der Waals surface area contributed by atoms with Crippen molar-refractivity contribution in [2.45, 2.75) is 151 Å². The van der Waals surface area contributed by atoms with Crippen molar-refractivity contribution in [2.75, 3.05) is 31.1 Å². The Hall–Kier alpha value is -8.75. The van der Waals surface area contributed by atoms with Crippen molar-refractivity contribution < 1.29 is 63.6 Å². The van der Waals surface area contributed by atoms with Crippen molar-refractivity contribution in [3.63, 3.8) is 0 Å². The Balaban J connectivity index is 1.45. The topological polar surface area (TPSA) is 496 Å². The molecular weight excluding hydrogens is 1220 g/mol. The Labute approximate surface area is 537 Å². The number of amides is 10. The lowest BCUT2D eigenvalue weighted by molar-refractivity contribution is -0.368. The molecule has 1 aliphatic heterocycles. The van der Waals surface area contributed by atoms with E-state index in [1.165, 1.54) is 17.4 Å². The van der Waals surface area contributed by atoms with Gasteiger partial charge in [0.2, 0.25) is 59.1 Å². The Morgan fingerprint density at radius 2 is 1.23 bits per heavy atom. The minimum Gasteiger partial charge on any atom is -0.481 e. The van der Waals surface area contributed by atoms with Crippen LogP contribution in [0, 0.1) is 5.92 Å². The van der Waals surface area contributed by atoms with Gasteiger partial charge in [-0.15, -0.1) is 0 Å². The number of nitrogens with one attached hydrogen (secondary N) is 10. The molecule has 1 aliphatic rings. The van der Waals surface area contributed by atoms with Crippen LogP contribution in [-0.4, -0.2) is 188 Å². The first-order valence-electron chi connectivity index (χ1n) is 30.1. The van der Waals surface area contributed by atoms with Crippen LogP contribution in [0.5, 0.6) is 0 Å². The number of carboxylic acids is 1. The van der Waals surface area contributed by atoms with E-state index in [1.54, 1.807) is 68.6 Å². The molecule has 1 fully saturated rings. The van der Waals surface area contributed by atoms with Crippen molar-refractivity contribution in [2.24, 2.45) is 33.8 Å². The molecule has 30 nitrogen and oxygen atoms in total. The molecule has 2 aromatic heterocycles. The lowest BCUT2D eigenvalue weighted by atomic mass is 10.0. The summed E-state index contributed by atoms with van der Waals surface area (Å²) in [7, 11) is 0. The van der Waals surface area contributed by atoms with Gasteiger partial charge in [0.15, 0.2) is 5.96 Å². The average Bonchev–Trinajstić information content (AvgIpc) is 2.86. The lowest BCUT2D eigenvalue weighted by Gasteiger charge is -2.31. The molecule has 496 valence electrons. The number of aromatic nitrogens is 3. The number of likely N-dealkylation sites (tertiary alicyclic amines) is 1. The number of carbonyl (C=O) groups excluding carboxylic acids is 10. The summed E-state index contributed by atoms with van der Waals surface area (Å²) in [5.41, 5.74) is 28.8. The maximum atomic E-state index is 15.0. The molecular formula is C59H87N18O12S2+. The molecule has 32 heteroatoms. The van der Waals surface area contributed by atoms with E-state index >= 15 is 0 Å². The van der Waals surface area contributed by atoms with Gasteiger partial charge in [-0.25, -0.2) is 4.98 Å². The number of rotatable bonds is 38. The Bertz CT molecular complexity index is 3150. The quantitative estimate of drug-likeness (QED) is 0.00894. The van der Waals surface area contributed by atoms with Crippen LogP contribution in [-0.2, 0) is 72.0 Å². The molecule has 2 aromatic carbocycles. The molecule has 10 amide bonds. The maximum absolute atomic E-state index is 15.0. The number of benzene rings is 2. The summed E-state index contributed by atoms with van der Waals surface area (Å²) in [6.07, 6.45) is 4.75. The van der Waals surface area contributed by atoms with Crippen LogP contribution in [0.4, 0.5) is 0 Å². The highest BCUT2D eigenvalue weighted by Gasteiger charge is 2.41. The molecule has 3 heterocycles. The first-order chi connectivity index (χ1) is 43.4. The van der Waals surface area contributed by atoms with Crippen molar-refractivity contribution >= 4 is 107 Å². The second-order valence-corrected chi connectivity index (χ2v) is 23.2. The number of carboxylic acid groups (broad SMARTS) is 1. The van der Waals surface area contributed by atoms with E-state index in [0.29, 0.717) is 60.0 Å². The average molecular weight is 1300 g/mol. The smallest absolute Gasteiger partial charge is 0.303 e. The number of aliphatic carboxylic acids is 1. The summed E-state index contributed by atoms with van der Waals surface area (Å²) >= 11 is 8.47. The maximum Gasteiger partial charge on any atom is 0.303 e. The van der Waals surface area contributed by atoms with E-state index in [9.17, 15) is 57.8 Å². The predicted molar refractivity (Wildman–Crippen MR) is 343 cm³/mol. The van der Waals surface area contributed by atoms with Gasteiger partial charge in [-0.2, -0.15) is 25.3 Å². The number of fused-ring (bicyclic) bond motifs is 1. The molecule has 1 saturated heterocycles. The van der Waals surface area contributed by atoms with Gasteiger partial charge in [-0.3, -0.25) is 57.7 Å². The third-order valence-electron chi connectivity index (χ3n) is 15.2. The summed E-state index contributed by atoms with van der Waals surface area (Å²) in [4.78, 5) is 168. The molecule has 0 unspecified atom stereocenters. The highest BCUT2D eigenvalue weighted by Crippen LogP contribution is 2.22. The third kappa shape index (κ3) is 22.9. The van der Waals surface area contributed by atoms with E-state index < -0.39 is 138 Å². The first-order valence-corrected chi connectivity index (χ1v) is 31.3. The molecule has 22 N–H and O–H groups in total. The van der Waals surface area contributed by atoms with Gasteiger partial charge in [-0.1, -0.05) is 62.4 Å². The van der Waals surface area contributed by atoms with Crippen LogP contribution in [0.2, 0.25) is 0 Å². The van der Waals surface area contributed by atoms with Crippen molar-refractivity contribution in [3.8, 4) is 0 Å². The highest BCUT2D eigenvalue weighted by atomic mass is 32.1. The number of thiol groups is 2. The zero-order valence-corrected chi connectivity index (χ0v) is 52.8. The summed E-state index contributed by atoms with van der Waals surface area (Å²) in [6.45, 7) is 4.15. The largest absolute Gasteiger partial charge is 0.481 e. The fourth-order valence-electron chi connectivity index (χ4n) is 10.2. The number of nitrogens with two attached hydrogens (primary N) is 4. The number of quaternary nitrogens is 1. The SMILES string of the molecule is CC(C)[C@H](NC(=O)[C@@H]1CCCN1C(=O)[C@H](CCCC[NH3+])NC(=O)[C@H](CS)NC(=O)[C@H](Cc1c[nH]c2ccccc12)NC(=O)[C@H](CCCN=C(N)N)NC(=O)[C@@H](Cc1ccccc1)NC(=O)[C@H](Cc1cnc[nH]1)NC(=O)[C@H](CCC(=O)O)NC(=O)[C@@H](N)CS)C(N)=O. The van der Waals surface area contributed by atoms with Crippen LogP contribution in [0.3, 0.4) is 0 Å². The van der Waals surface area contributed by atoms with Crippen molar-refractivity contribution in [1.29, 1.82) is 0 Å². The molecule has 0 radical (unpaired) electrons. The molecule has 0 bridgehead atoms. The number of para-hydroxylation sites is 1. The number of unbranched alkanes of at least 4 members (excludes halogenated alkanes) is 1. The van der Waals surface area contributed by atoms with Gasteiger partial charge in [0, 0.05) is 79.3 Å². The van der Waals surface area contributed by atoms with Crippen LogP contribution >= 0.6 is 25.3 Å². The minimum atomic E-state index is -1.50.